The lowest BCUT2D eigenvalue weighted by Gasteiger charge is -1.99. The molecule has 0 radical (unpaired) electrons. The number of nitrogens with zero attached hydrogens (tertiary/aromatic N) is 2. The van der Waals surface area contributed by atoms with Crippen LogP contribution in [0.1, 0.15) is 11.1 Å². The molecule has 0 fully saturated rings. The van der Waals surface area contributed by atoms with Crippen LogP contribution in [0.3, 0.4) is 0 Å². The van der Waals surface area contributed by atoms with E-state index in [-0.39, 0.29) is 0 Å². The fourth-order valence-electron chi connectivity index (χ4n) is 1.23. The minimum absolute atomic E-state index is 0.487. The van der Waals surface area contributed by atoms with E-state index in [0.717, 1.165) is 11.1 Å². The Balaban J connectivity index is 2.05. The summed E-state index contributed by atoms with van der Waals surface area (Å²) in [5.41, 5.74) is 10.3. The number of nitrogen functional groups attached to an aromatic ring is 1. The Bertz CT molecular complexity index is 550. The second kappa shape index (κ2) is 5.16. The van der Waals surface area contributed by atoms with Gasteiger partial charge in [-0.15, -0.1) is 11.3 Å². The van der Waals surface area contributed by atoms with Crippen LogP contribution in [0.25, 0.3) is 0 Å². The molecular weight excluding hydrogens is 256 g/mol. The van der Waals surface area contributed by atoms with Gasteiger partial charge in [0.25, 0.3) is 0 Å². The molecule has 88 valence electrons. The number of benzene rings is 1. The van der Waals surface area contributed by atoms with Crippen LogP contribution < -0.4 is 11.2 Å². The third kappa shape index (κ3) is 3.18. The van der Waals surface area contributed by atoms with Crippen molar-refractivity contribution in [2.45, 2.75) is 6.92 Å². The number of halogens is 1. The van der Waals surface area contributed by atoms with E-state index in [2.05, 4.69) is 15.5 Å². The van der Waals surface area contributed by atoms with Gasteiger partial charge in [0.15, 0.2) is 0 Å². The summed E-state index contributed by atoms with van der Waals surface area (Å²) in [7, 11) is 0. The van der Waals surface area contributed by atoms with E-state index < -0.39 is 0 Å². The Morgan fingerprint density at radius 3 is 3.00 bits per heavy atom. The highest BCUT2D eigenvalue weighted by Gasteiger charge is 1.98. The average molecular weight is 267 g/mol. The number of nitrogens with two attached hydrogens (primary N) is 1. The van der Waals surface area contributed by atoms with E-state index in [1.807, 2.05) is 25.1 Å². The van der Waals surface area contributed by atoms with Gasteiger partial charge >= 0.3 is 0 Å². The summed E-state index contributed by atoms with van der Waals surface area (Å²) in [6.07, 6.45) is 1.65. The third-order valence-electron chi connectivity index (χ3n) is 2.04. The SMILES string of the molecule is Cc1ccc(C=NNc2nc(N)cs2)c(Cl)c1. The summed E-state index contributed by atoms with van der Waals surface area (Å²) in [6.45, 7) is 1.99. The van der Waals surface area contributed by atoms with Gasteiger partial charge in [0.2, 0.25) is 5.13 Å². The van der Waals surface area contributed by atoms with Gasteiger partial charge in [-0.25, -0.2) is 4.98 Å². The summed E-state index contributed by atoms with van der Waals surface area (Å²) in [4.78, 5) is 4.02. The molecule has 1 aromatic carbocycles. The third-order valence-corrected chi connectivity index (χ3v) is 3.13. The van der Waals surface area contributed by atoms with Crippen LogP contribution >= 0.6 is 22.9 Å². The number of thiazole rings is 1. The van der Waals surface area contributed by atoms with Crippen LogP contribution in [0, 0.1) is 6.92 Å². The van der Waals surface area contributed by atoms with Crippen molar-refractivity contribution in [2.75, 3.05) is 11.2 Å². The van der Waals surface area contributed by atoms with Crippen molar-refractivity contribution in [2.24, 2.45) is 5.10 Å². The molecule has 17 heavy (non-hydrogen) atoms. The molecule has 2 aromatic rings. The van der Waals surface area contributed by atoms with Gasteiger partial charge in [-0.05, 0) is 18.6 Å². The Morgan fingerprint density at radius 1 is 1.53 bits per heavy atom. The quantitative estimate of drug-likeness (QED) is 0.663. The monoisotopic (exact) mass is 266 g/mol. The number of nitrogens with one attached hydrogen (secondary N) is 1. The molecule has 0 aliphatic carbocycles. The van der Waals surface area contributed by atoms with E-state index in [1.165, 1.54) is 11.3 Å². The first-order chi connectivity index (χ1) is 8.15. The smallest absolute Gasteiger partial charge is 0.205 e. The molecule has 4 nitrogen and oxygen atoms in total. The minimum atomic E-state index is 0.487. The van der Waals surface area contributed by atoms with Crippen molar-refractivity contribution in [3.05, 3.63) is 39.7 Å². The zero-order valence-electron chi connectivity index (χ0n) is 9.14. The molecule has 0 spiro atoms. The molecular formula is C11H11ClN4S. The molecule has 0 unspecified atom stereocenters. The second-order valence-electron chi connectivity index (χ2n) is 3.47. The highest BCUT2D eigenvalue weighted by molar-refractivity contribution is 7.14. The lowest BCUT2D eigenvalue weighted by atomic mass is 10.2. The van der Waals surface area contributed by atoms with Crippen LogP contribution in [-0.2, 0) is 0 Å². The van der Waals surface area contributed by atoms with E-state index in [9.17, 15) is 0 Å². The van der Waals surface area contributed by atoms with E-state index >= 15 is 0 Å². The van der Waals surface area contributed by atoms with Gasteiger partial charge in [0.1, 0.15) is 5.82 Å². The van der Waals surface area contributed by atoms with Gasteiger partial charge in [0.05, 0.1) is 6.21 Å². The second-order valence-corrected chi connectivity index (χ2v) is 4.74. The molecule has 1 heterocycles. The number of hydrogen-bond donors (Lipinski definition) is 2. The van der Waals surface area contributed by atoms with E-state index in [0.29, 0.717) is 16.0 Å². The Labute approximate surface area is 108 Å². The molecule has 0 aliphatic rings. The number of anilines is 2. The summed E-state index contributed by atoms with van der Waals surface area (Å²) in [6, 6.07) is 5.79. The highest BCUT2D eigenvalue weighted by atomic mass is 35.5. The first-order valence-electron chi connectivity index (χ1n) is 4.91. The van der Waals surface area contributed by atoms with Crippen LogP contribution in [0.2, 0.25) is 5.02 Å². The summed E-state index contributed by atoms with van der Waals surface area (Å²) >= 11 is 7.46. The van der Waals surface area contributed by atoms with Crippen molar-refractivity contribution >= 4 is 40.1 Å². The standard InChI is InChI=1S/C11H11ClN4S/c1-7-2-3-8(9(12)4-7)5-14-16-11-15-10(13)6-17-11/h2-6H,13H2,1H3,(H,15,16). The van der Waals surface area contributed by atoms with E-state index in [4.69, 9.17) is 17.3 Å². The maximum absolute atomic E-state index is 6.06. The normalized spacial score (nSPS) is 10.9. The maximum atomic E-state index is 6.06. The molecule has 0 atom stereocenters. The molecule has 0 saturated heterocycles. The zero-order chi connectivity index (χ0) is 12.3. The predicted octanol–water partition coefficient (Wildman–Crippen LogP) is 3.13. The van der Waals surface area contributed by atoms with Crippen molar-refractivity contribution in [1.29, 1.82) is 0 Å². The summed E-state index contributed by atoms with van der Waals surface area (Å²) in [5.74, 6) is 0.487. The van der Waals surface area contributed by atoms with Gasteiger partial charge in [-0.1, -0.05) is 23.7 Å². The summed E-state index contributed by atoms with van der Waals surface area (Å²) < 4.78 is 0. The largest absolute Gasteiger partial charge is 0.383 e. The Kier molecular flexibility index (Phi) is 3.61. The van der Waals surface area contributed by atoms with Gasteiger partial charge in [0, 0.05) is 16.0 Å². The highest BCUT2D eigenvalue weighted by Crippen LogP contribution is 2.17. The average Bonchev–Trinajstić information content (AvgIpc) is 2.68. The van der Waals surface area contributed by atoms with Crippen LogP contribution in [-0.4, -0.2) is 11.2 Å². The summed E-state index contributed by atoms with van der Waals surface area (Å²) in [5, 5.41) is 7.13. The molecule has 2 rings (SSSR count). The predicted molar refractivity (Wildman–Crippen MR) is 73.9 cm³/mol. The lowest BCUT2D eigenvalue weighted by Crippen LogP contribution is -1.92. The van der Waals surface area contributed by atoms with Gasteiger partial charge in [-0.2, -0.15) is 5.10 Å². The Morgan fingerprint density at radius 2 is 2.35 bits per heavy atom. The number of aromatic nitrogens is 1. The minimum Gasteiger partial charge on any atom is -0.383 e. The van der Waals surface area contributed by atoms with Gasteiger partial charge < -0.3 is 5.73 Å². The molecule has 3 N–H and O–H groups in total. The first-order valence-corrected chi connectivity index (χ1v) is 6.17. The zero-order valence-corrected chi connectivity index (χ0v) is 10.7. The van der Waals surface area contributed by atoms with Crippen molar-refractivity contribution < 1.29 is 0 Å². The molecule has 6 heteroatoms. The van der Waals surface area contributed by atoms with Crippen molar-refractivity contribution in [3.63, 3.8) is 0 Å². The van der Waals surface area contributed by atoms with Crippen LogP contribution in [0.5, 0.6) is 0 Å². The van der Waals surface area contributed by atoms with Crippen LogP contribution in [0.4, 0.5) is 10.9 Å². The molecule has 0 bridgehead atoms. The number of aryl methyl sites for hydroxylation is 1. The number of hydrazone groups is 1. The first kappa shape index (κ1) is 11.9. The maximum Gasteiger partial charge on any atom is 0.205 e. The molecule has 0 aliphatic heterocycles. The number of rotatable bonds is 3. The molecule has 0 saturated carbocycles. The topological polar surface area (TPSA) is 63.3 Å². The van der Waals surface area contributed by atoms with Gasteiger partial charge in [-0.3, -0.25) is 5.43 Å². The van der Waals surface area contributed by atoms with E-state index in [1.54, 1.807) is 11.6 Å². The van der Waals surface area contributed by atoms with Crippen molar-refractivity contribution in [1.82, 2.24) is 4.98 Å². The van der Waals surface area contributed by atoms with Crippen molar-refractivity contribution in [3.8, 4) is 0 Å². The fraction of sp³-hybridized carbons (Fsp3) is 0.0909. The fourth-order valence-corrected chi connectivity index (χ4v) is 2.06. The Hall–Kier alpha value is -1.59. The lowest BCUT2D eigenvalue weighted by molar-refractivity contribution is 1.29. The molecule has 1 aromatic heterocycles. The molecule has 0 amide bonds. The van der Waals surface area contributed by atoms with Crippen LogP contribution in [0.15, 0.2) is 28.7 Å². The number of hydrogen-bond acceptors (Lipinski definition) is 5.